The van der Waals surface area contributed by atoms with Crippen molar-refractivity contribution in [2.24, 2.45) is 5.14 Å². The molecule has 0 fully saturated rings. The fourth-order valence-corrected chi connectivity index (χ4v) is 4.40. The Morgan fingerprint density at radius 2 is 1.79 bits per heavy atom. The van der Waals surface area contributed by atoms with Crippen molar-refractivity contribution in [1.82, 2.24) is 0 Å². The van der Waals surface area contributed by atoms with Gasteiger partial charge in [-0.25, -0.2) is 0 Å². The molecule has 0 aliphatic heterocycles. The SMILES string of the molecule is [CH3][Ge]([CH3])([CH3])[c]1cccc(S(N)(=O)=O)c1. The van der Waals surface area contributed by atoms with Gasteiger partial charge in [0.15, 0.2) is 0 Å². The van der Waals surface area contributed by atoms with Gasteiger partial charge in [0.1, 0.15) is 0 Å². The van der Waals surface area contributed by atoms with Crippen molar-refractivity contribution in [3.8, 4) is 0 Å². The van der Waals surface area contributed by atoms with Crippen LogP contribution in [-0.2, 0) is 10.0 Å². The van der Waals surface area contributed by atoms with Crippen LogP contribution in [0.5, 0.6) is 0 Å². The van der Waals surface area contributed by atoms with Crippen LogP contribution in [0.1, 0.15) is 0 Å². The number of rotatable bonds is 2. The standard InChI is InChI=1S/C9H15GeNO2S/c1-10(2,3)8-5-4-6-9(7-8)14(11,12)13/h4-7H,1-3H3,(H2,11,12,13). The van der Waals surface area contributed by atoms with Crippen LogP contribution in [0.25, 0.3) is 0 Å². The van der Waals surface area contributed by atoms with E-state index in [1.165, 1.54) is 6.07 Å². The zero-order chi connectivity index (χ0) is 11.0. The molecule has 0 aliphatic rings. The van der Waals surface area contributed by atoms with E-state index in [0.717, 1.165) is 4.40 Å². The minimum absolute atomic E-state index is 0.218. The second kappa shape index (κ2) is 3.68. The molecular weight excluding hydrogens is 259 g/mol. The fraction of sp³-hybridized carbons (Fsp3) is 0.333. The maximum atomic E-state index is 11.1. The van der Waals surface area contributed by atoms with E-state index < -0.39 is 23.3 Å². The van der Waals surface area contributed by atoms with E-state index in [1.807, 2.05) is 6.07 Å². The Kier molecular flexibility index (Phi) is 3.08. The number of hydrogen-bond donors (Lipinski definition) is 1. The second-order valence-electron chi connectivity index (χ2n) is 4.32. The minimum atomic E-state index is -3.56. The van der Waals surface area contributed by atoms with Crippen LogP contribution in [-0.4, -0.2) is 21.7 Å². The molecular formula is C9H15GeNO2S. The van der Waals surface area contributed by atoms with Gasteiger partial charge in [-0.3, -0.25) is 0 Å². The molecule has 0 unspecified atom stereocenters. The van der Waals surface area contributed by atoms with Crippen LogP contribution in [0.3, 0.4) is 0 Å². The summed E-state index contributed by atoms with van der Waals surface area (Å²) in [5, 5.41) is 5.06. The van der Waals surface area contributed by atoms with Gasteiger partial charge in [0.25, 0.3) is 0 Å². The molecule has 0 radical (unpaired) electrons. The molecule has 5 heteroatoms. The van der Waals surface area contributed by atoms with Crippen LogP contribution in [0, 0.1) is 0 Å². The van der Waals surface area contributed by atoms with Crippen LogP contribution < -0.4 is 9.53 Å². The molecule has 0 spiro atoms. The third-order valence-electron chi connectivity index (χ3n) is 2.03. The molecule has 1 rings (SSSR count). The molecule has 0 aliphatic carbocycles. The Bertz CT molecular complexity index is 434. The molecule has 2 N–H and O–H groups in total. The maximum absolute atomic E-state index is 11.1. The van der Waals surface area contributed by atoms with Gasteiger partial charge >= 0.3 is 87.7 Å². The molecule has 0 atom stereocenters. The summed E-state index contributed by atoms with van der Waals surface area (Å²) in [5.74, 6) is 6.63. The first-order chi connectivity index (χ1) is 6.21. The zero-order valence-corrected chi connectivity index (χ0v) is 11.5. The van der Waals surface area contributed by atoms with Gasteiger partial charge in [0, 0.05) is 0 Å². The Morgan fingerprint density at radius 1 is 1.21 bits per heavy atom. The molecule has 0 heterocycles. The number of sulfonamides is 1. The zero-order valence-electron chi connectivity index (χ0n) is 8.61. The van der Waals surface area contributed by atoms with Crippen molar-refractivity contribution in [2.45, 2.75) is 22.2 Å². The van der Waals surface area contributed by atoms with E-state index in [2.05, 4.69) is 17.3 Å². The van der Waals surface area contributed by atoms with Gasteiger partial charge in [0.2, 0.25) is 0 Å². The molecule has 3 nitrogen and oxygen atoms in total. The first-order valence-electron chi connectivity index (χ1n) is 4.34. The molecule has 1 aromatic carbocycles. The summed E-state index contributed by atoms with van der Waals surface area (Å²) in [6.07, 6.45) is 0. The van der Waals surface area contributed by atoms with Crippen molar-refractivity contribution >= 4 is 27.7 Å². The van der Waals surface area contributed by atoms with Crippen LogP contribution in [0.2, 0.25) is 17.3 Å². The molecule has 0 bridgehead atoms. The molecule has 0 aromatic heterocycles. The van der Waals surface area contributed by atoms with E-state index in [9.17, 15) is 8.42 Å². The molecule has 0 amide bonds. The third kappa shape index (κ3) is 2.83. The second-order valence-corrected chi connectivity index (χ2v) is 16.5. The summed E-state index contributed by atoms with van der Waals surface area (Å²) >= 11 is -1.95. The van der Waals surface area contributed by atoms with Crippen LogP contribution in [0.15, 0.2) is 29.2 Å². The molecule has 0 saturated heterocycles. The molecule has 14 heavy (non-hydrogen) atoms. The normalized spacial score (nSPS) is 12.9. The van der Waals surface area contributed by atoms with E-state index in [0.29, 0.717) is 0 Å². The summed E-state index contributed by atoms with van der Waals surface area (Å²) in [6, 6.07) is 6.97. The number of nitrogens with two attached hydrogens (primary N) is 1. The van der Waals surface area contributed by atoms with Gasteiger partial charge in [-0.1, -0.05) is 0 Å². The van der Waals surface area contributed by atoms with Crippen LogP contribution >= 0.6 is 0 Å². The molecule has 78 valence electrons. The number of hydrogen-bond acceptors (Lipinski definition) is 2. The Balaban J connectivity index is 3.29. The van der Waals surface area contributed by atoms with Gasteiger partial charge in [-0.05, 0) is 0 Å². The fourth-order valence-electron chi connectivity index (χ4n) is 1.14. The summed E-state index contributed by atoms with van der Waals surface area (Å²) in [5.41, 5.74) is 0. The predicted octanol–water partition coefficient (Wildman–Crippen LogP) is 0.879. The quantitative estimate of drug-likeness (QED) is 0.814. The third-order valence-corrected chi connectivity index (χ3v) is 7.23. The predicted molar refractivity (Wildman–Crippen MR) is 60.8 cm³/mol. The molecule has 1 aromatic rings. The monoisotopic (exact) mass is 275 g/mol. The van der Waals surface area contributed by atoms with Crippen molar-refractivity contribution in [3.05, 3.63) is 24.3 Å². The summed E-state index contributed by atoms with van der Waals surface area (Å²) in [7, 11) is -3.56. The van der Waals surface area contributed by atoms with Gasteiger partial charge < -0.3 is 0 Å². The van der Waals surface area contributed by atoms with Gasteiger partial charge in [-0.15, -0.1) is 0 Å². The van der Waals surface area contributed by atoms with Gasteiger partial charge in [0.05, 0.1) is 0 Å². The van der Waals surface area contributed by atoms with Crippen molar-refractivity contribution in [3.63, 3.8) is 0 Å². The molecule has 0 saturated carbocycles. The van der Waals surface area contributed by atoms with Crippen molar-refractivity contribution in [2.75, 3.05) is 0 Å². The summed E-state index contributed by atoms with van der Waals surface area (Å²) < 4.78 is 23.4. The van der Waals surface area contributed by atoms with Gasteiger partial charge in [-0.2, -0.15) is 0 Å². The Hall–Kier alpha value is -0.327. The number of primary sulfonamides is 1. The first-order valence-corrected chi connectivity index (χ1v) is 13.2. The number of benzene rings is 1. The first kappa shape index (κ1) is 11.7. The average molecular weight is 274 g/mol. The van der Waals surface area contributed by atoms with E-state index in [4.69, 9.17) is 5.14 Å². The van der Waals surface area contributed by atoms with Crippen molar-refractivity contribution in [1.29, 1.82) is 0 Å². The van der Waals surface area contributed by atoms with Crippen molar-refractivity contribution < 1.29 is 8.42 Å². The Labute approximate surface area is 87.7 Å². The summed E-state index contributed by atoms with van der Waals surface area (Å²) in [4.78, 5) is 0.218. The van der Waals surface area contributed by atoms with E-state index in [1.54, 1.807) is 12.1 Å². The summed E-state index contributed by atoms with van der Waals surface area (Å²) in [6.45, 7) is 0. The average Bonchev–Trinajstić information content (AvgIpc) is 2.01. The van der Waals surface area contributed by atoms with E-state index in [-0.39, 0.29) is 4.90 Å². The Morgan fingerprint density at radius 3 is 2.21 bits per heavy atom. The topological polar surface area (TPSA) is 60.2 Å². The van der Waals surface area contributed by atoms with E-state index >= 15 is 0 Å². The van der Waals surface area contributed by atoms with Crippen LogP contribution in [0.4, 0.5) is 0 Å².